The predicted octanol–water partition coefficient (Wildman–Crippen LogP) is 1.75. The van der Waals surface area contributed by atoms with Crippen LogP contribution in [0.3, 0.4) is 0 Å². The van der Waals surface area contributed by atoms with Crippen molar-refractivity contribution in [3.05, 3.63) is 35.9 Å². The van der Waals surface area contributed by atoms with Gasteiger partial charge in [0.25, 0.3) is 0 Å². The molecule has 0 bridgehead atoms. The monoisotopic (exact) mass is 400 g/mol. The first-order chi connectivity index (χ1) is 14.0. The smallest absolute Gasteiger partial charge is 0.237 e. The Balaban J connectivity index is 1.45. The van der Waals surface area contributed by atoms with Gasteiger partial charge in [0, 0.05) is 38.8 Å². The Kier molecular flexibility index (Phi) is 8.07. The number of carbonyl (C=O) groups excluding carboxylic acids is 2. The summed E-state index contributed by atoms with van der Waals surface area (Å²) >= 11 is 0. The van der Waals surface area contributed by atoms with Crippen molar-refractivity contribution in [2.75, 3.05) is 45.8 Å². The second-order valence-electron chi connectivity index (χ2n) is 8.51. The van der Waals surface area contributed by atoms with Gasteiger partial charge in [-0.25, -0.2) is 0 Å². The molecule has 2 aliphatic heterocycles. The van der Waals surface area contributed by atoms with Crippen molar-refractivity contribution in [3.8, 4) is 0 Å². The fraction of sp³-hybridized carbons (Fsp3) is 0.652. The van der Waals surface area contributed by atoms with E-state index in [1.165, 1.54) is 5.56 Å². The fourth-order valence-corrected chi connectivity index (χ4v) is 4.45. The summed E-state index contributed by atoms with van der Waals surface area (Å²) in [5.41, 5.74) is 1.39. The number of hydrogen-bond donors (Lipinski definition) is 1. The number of nitrogens with one attached hydrogen (secondary N) is 1. The second-order valence-corrected chi connectivity index (χ2v) is 8.51. The SMILES string of the molecule is CC(C)N1CCNC(=O)[C@H]1CC(=O)N1CCCN(CCCc2ccccc2)CC1. The molecular weight excluding hydrogens is 364 g/mol. The van der Waals surface area contributed by atoms with Crippen molar-refractivity contribution in [2.24, 2.45) is 0 Å². The Morgan fingerprint density at radius 3 is 2.66 bits per heavy atom. The molecule has 3 rings (SSSR count). The number of benzene rings is 1. The van der Waals surface area contributed by atoms with Crippen LogP contribution in [0.25, 0.3) is 0 Å². The van der Waals surface area contributed by atoms with Crippen LogP contribution in [-0.2, 0) is 16.0 Å². The topological polar surface area (TPSA) is 55.9 Å². The third-order valence-electron chi connectivity index (χ3n) is 6.13. The number of aryl methyl sites for hydroxylation is 1. The maximum atomic E-state index is 12.9. The van der Waals surface area contributed by atoms with E-state index in [2.05, 4.69) is 59.3 Å². The number of nitrogens with zero attached hydrogens (tertiary/aromatic N) is 3. The minimum atomic E-state index is -0.332. The van der Waals surface area contributed by atoms with Crippen molar-refractivity contribution in [3.63, 3.8) is 0 Å². The Morgan fingerprint density at radius 1 is 1.10 bits per heavy atom. The number of rotatable bonds is 7. The summed E-state index contributed by atoms with van der Waals surface area (Å²) < 4.78 is 0. The predicted molar refractivity (Wildman–Crippen MR) is 116 cm³/mol. The second kappa shape index (κ2) is 10.7. The standard InChI is InChI=1S/C23H36N4O2/c1-19(2)27-15-11-24-23(29)21(27)18-22(28)26-14-7-13-25(16-17-26)12-6-10-20-8-4-3-5-9-20/h3-5,8-9,19,21H,6-7,10-18H2,1-2H3,(H,24,29)/t21-/m1/s1. The quantitative estimate of drug-likeness (QED) is 0.758. The van der Waals surface area contributed by atoms with Crippen LogP contribution in [0.5, 0.6) is 0 Å². The molecule has 0 saturated carbocycles. The van der Waals surface area contributed by atoms with Crippen molar-refractivity contribution in [1.29, 1.82) is 0 Å². The molecule has 0 aromatic heterocycles. The summed E-state index contributed by atoms with van der Waals surface area (Å²) in [7, 11) is 0. The molecule has 160 valence electrons. The van der Waals surface area contributed by atoms with Crippen molar-refractivity contribution >= 4 is 11.8 Å². The van der Waals surface area contributed by atoms with E-state index in [0.717, 1.165) is 58.5 Å². The number of amides is 2. The van der Waals surface area contributed by atoms with Gasteiger partial charge in [0.1, 0.15) is 0 Å². The number of carbonyl (C=O) groups is 2. The fourth-order valence-electron chi connectivity index (χ4n) is 4.45. The highest BCUT2D eigenvalue weighted by atomic mass is 16.2. The van der Waals surface area contributed by atoms with Gasteiger partial charge in [-0.3, -0.25) is 14.5 Å². The first-order valence-corrected chi connectivity index (χ1v) is 11.1. The van der Waals surface area contributed by atoms with E-state index in [-0.39, 0.29) is 30.3 Å². The summed E-state index contributed by atoms with van der Waals surface area (Å²) in [4.78, 5) is 31.9. The van der Waals surface area contributed by atoms with Crippen molar-refractivity contribution in [2.45, 2.75) is 51.6 Å². The van der Waals surface area contributed by atoms with Gasteiger partial charge in [0.15, 0.2) is 0 Å². The van der Waals surface area contributed by atoms with E-state index in [1.807, 2.05) is 4.90 Å². The van der Waals surface area contributed by atoms with Crippen molar-refractivity contribution in [1.82, 2.24) is 20.0 Å². The van der Waals surface area contributed by atoms with Gasteiger partial charge < -0.3 is 15.1 Å². The summed E-state index contributed by atoms with van der Waals surface area (Å²) in [6.45, 7) is 10.3. The maximum Gasteiger partial charge on any atom is 0.237 e. The van der Waals surface area contributed by atoms with Gasteiger partial charge in [-0.05, 0) is 51.8 Å². The summed E-state index contributed by atoms with van der Waals surface area (Å²) in [6.07, 6.45) is 3.53. The van der Waals surface area contributed by atoms with E-state index in [4.69, 9.17) is 0 Å². The summed E-state index contributed by atoms with van der Waals surface area (Å²) in [6, 6.07) is 10.6. The molecule has 1 atom stereocenters. The molecule has 2 saturated heterocycles. The molecule has 6 nitrogen and oxygen atoms in total. The summed E-state index contributed by atoms with van der Waals surface area (Å²) in [5, 5.41) is 2.92. The van der Waals surface area contributed by atoms with E-state index in [1.54, 1.807) is 0 Å². The van der Waals surface area contributed by atoms with Crippen LogP contribution < -0.4 is 5.32 Å². The van der Waals surface area contributed by atoms with Gasteiger partial charge in [-0.2, -0.15) is 0 Å². The lowest BCUT2D eigenvalue weighted by molar-refractivity contribution is -0.139. The Bertz CT molecular complexity index is 664. The minimum Gasteiger partial charge on any atom is -0.353 e. The molecule has 0 unspecified atom stereocenters. The van der Waals surface area contributed by atoms with E-state index in [9.17, 15) is 9.59 Å². The van der Waals surface area contributed by atoms with E-state index in [0.29, 0.717) is 6.54 Å². The highest BCUT2D eigenvalue weighted by Crippen LogP contribution is 2.15. The number of hydrogen-bond acceptors (Lipinski definition) is 4. The minimum absolute atomic E-state index is 0.00402. The molecule has 1 aromatic carbocycles. The first kappa shape index (κ1) is 21.8. The van der Waals surface area contributed by atoms with Gasteiger partial charge >= 0.3 is 0 Å². The van der Waals surface area contributed by atoms with Crippen LogP contribution in [0.1, 0.15) is 38.7 Å². The molecule has 2 heterocycles. The maximum absolute atomic E-state index is 12.9. The molecule has 2 amide bonds. The van der Waals surface area contributed by atoms with Crippen molar-refractivity contribution < 1.29 is 9.59 Å². The molecule has 2 aliphatic rings. The van der Waals surface area contributed by atoms with Gasteiger partial charge in [-0.15, -0.1) is 0 Å². The Hall–Kier alpha value is -1.92. The zero-order chi connectivity index (χ0) is 20.6. The molecular formula is C23H36N4O2. The average Bonchev–Trinajstić information content (AvgIpc) is 2.96. The van der Waals surface area contributed by atoms with Gasteiger partial charge in [-0.1, -0.05) is 30.3 Å². The lowest BCUT2D eigenvalue weighted by Gasteiger charge is -2.38. The van der Waals surface area contributed by atoms with E-state index >= 15 is 0 Å². The average molecular weight is 401 g/mol. The van der Waals surface area contributed by atoms with Crippen LogP contribution >= 0.6 is 0 Å². The summed E-state index contributed by atoms with van der Waals surface area (Å²) in [5.74, 6) is 0.111. The molecule has 0 spiro atoms. The van der Waals surface area contributed by atoms with Crippen LogP contribution in [-0.4, -0.2) is 84.4 Å². The highest BCUT2D eigenvalue weighted by Gasteiger charge is 2.34. The van der Waals surface area contributed by atoms with Crippen LogP contribution in [0.2, 0.25) is 0 Å². The Labute approximate surface area is 175 Å². The molecule has 6 heteroatoms. The molecule has 0 radical (unpaired) electrons. The lowest BCUT2D eigenvalue weighted by Crippen LogP contribution is -2.58. The molecule has 29 heavy (non-hydrogen) atoms. The van der Waals surface area contributed by atoms with E-state index < -0.39 is 0 Å². The molecule has 1 N–H and O–H groups in total. The highest BCUT2D eigenvalue weighted by molar-refractivity contribution is 5.88. The molecule has 1 aromatic rings. The molecule has 0 aliphatic carbocycles. The third kappa shape index (κ3) is 6.28. The molecule has 2 fully saturated rings. The van der Waals surface area contributed by atoms with Crippen LogP contribution in [0, 0.1) is 0 Å². The number of piperazine rings is 1. The zero-order valence-corrected chi connectivity index (χ0v) is 18.0. The van der Waals surface area contributed by atoms with Crippen LogP contribution in [0.15, 0.2) is 30.3 Å². The Morgan fingerprint density at radius 2 is 1.90 bits per heavy atom. The first-order valence-electron chi connectivity index (χ1n) is 11.1. The third-order valence-corrected chi connectivity index (χ3v) is 6.13. The van der Waals surface area contributed by atoms with Crippen LogP contribution in [0.4, 0.5) is 0 Å². The normalized spacial score (nSPS) is 21.8. The van der Waals surface area contributed by atoms with Gasteiger partial charge in [0.2, 0.25) is 11.8 Å². The zero-order valence-electron chi connectivity index (χ0n) is 18.0. The largest absolute Gasteiger partial charge is 0.353 e. The van der Waals surface area contributed by atoms with Gasteiger partial charge in [0.05, 0.1) is 12.5 Å². The lowest BCUT2D eigenvalue weighted by atomic mass is 10.1.